The van der Waals surface area contributed by atoms with Gasteiger partial charge < -0.3 is 0 Å². The lowest BCUT2D eigenvalue weighted by molar-refractivity contribution is 0.450. The first-order chi connectivity index (χ1) is 10.3. The molecular formula is C14H19NO6S2+. The first-order valence-corrected chi connectivity index (χ1v) is 9.96. The Morgan fingerprint density at radius 3 is 2.22 bits per heavy atom. The molecule has 127 valence electrons. The molecule has 0 unspecified atom stereocenters. The summed E-state index contributed by atoms with van der Waals surface area (Å²) in [5, 5.41) is 0. The lowest BCUT2D eigenvalue weighted by Crippen LogP contribution is -2.30. The third kappa shape index (κ3) is 3.63. The summed E-state index contributed by atoms with van der Waals surface area (Å²) in [4.78, 5) is 4.46. The van der Waals surface area contributed by atoms with Crippen molar-refractivity contribution in [2.75, 3.05) is 0 Å². The van der Waals surface area contributed by atoms with Crippen LogP contribution >= 0.6 is 0 Å². The van der Waals surface area contributed by atoms with Crippen LogP contribution in [-0.4, -0.2) is 36.2 Å². The van der Waals surface area contributed by atoms with E-state index in [1.807, 2.05) is 26.8 Å². The van der Waals surface area contributed by atoms with Gasteiger partial charge in [-0.05, 0) is 38.3 Å². The van der Waals surface area contributed by atoms with Gasteiger partial charge in [0, 0.05) is 18.6 Å². The van der Waals surface area contributed by atoms with Gasteiger partial charge in [-0.3, -0.25) is 9.11 Å². The van der Waals surface area contributed by atoms with Gasteiger partial charge in [0.15, 0.2) is 0 Å². The van der Waals surface area contributed by atoms with Gasteiger partial charge in [-0.1, -0.05) is 6.07 Å². The average molecular weight is 361 g/mol. The predicted molar refractivity (Wildman–Crippen MR) is 87.1 cm³/mol. The smallest absolute Gasteiger partial charge is 0.284 e. The topological polar surface area (TPSA) is 123 Å². The van der Waals surface area contributed by atoms with E-state index in [9.17, 15) is 16.8 Å². The normalized spacial score (nSPS) is 17.2. The lowest BCUT2D eigenvalue weighted by atomic mass is 9.81. The fraction of sp³-hybridized carbons (Fsp3) is 0.500. The van der Waals surface area contributed by atoms with Gasteiger partial charge in [-0.25, -0.2) is 0 Å². The lowest BCUT2D eigenvalue weighted by Gasteiger charge is -2.15. The van der Waals surface area contributed by atoms with Crippen molar-refractivity contribution in [1.82, 2.24) is 4.99 Å². The van der Waals surface area contributed by atoms with E-state index in [-0.39, 0.29) is 11.8 Å². The second-order valence-electron chi connectivity index (χ2n) is 6.17. The molecule has 1 aromatic carbocycles. The maximum atomic E-state index is 11.1. The number of hydrogen-bond donors (Lipinski definition) is 2. The van der Waals surface area contributed by atoms with Gasteiger partial charge in [0.05, 0.1) is 10.4 Å². The van der Waals surface area contributed by atoms with E-state index in [1.165, 1.54) is 0 Å². The Morgan fingerprint density at radius 1 is 1.13 bits per heavy atom. The number of aliphatic imine (C=N–C) groups is 1. The largest absolute Gasteiger partial charge is 0.284 e. The van der Waals surface area contributed by atoms with E-state index >= 15 is 0 Å². The second-order valence-corrected chi connectivity index (χ2v) is 9.67. The minimum absolute atomic E-state index is 0.0760. The Balaban J connectivity index is 2.26. The van der Waals surface area contributed by atoms with E-state index in [4.69, 9.17) is 9.11 Å². The molecule has 2 N–H and O–H groups in total. The molecule has 1 aliphatic heterocycles. The van der Waals surface area contributed by atoms with Crippen LogP contribution in [0.3, 0.4) is 0 Å². The van der Waals surface area contributed by atoms with Crippen LogP contribution in [0.2, 0.25) is 0 Å². The maximum Gasteiger partial charge on any atom is 0.284 e. The van der Waals surface area contributed by atoms with Crippen LogP contribution in [0.25, 0.3) is 0 Å². The van der Waals surface area contributed by atoms with Gasteiger partial charge in [0.25, 0.3) is 25.9 Å². The highest BCUT2D eigenvalue weighted by molar-refractivity contribution is 8.03. The summed E-state index contributed by atoms with van der Waals surface area (Å²) in [6, 6.07) is 5.36. The SMILES string of the molecule is CC1=[N+]c2ccc(CCC(S(=O)(=O)O)S(=O)(=O)O)cc2C1(C)C. The van der Waals surface area contributed by atoms with Crippen LogP contribution in [0.5, 0.6) is 0 Å². The number of rotatable bonds is 5. The molecule has 0 fully saturated rings. The summed E-state index contributed by atoms with van der Waals surface area (Å²) in [6.45, 7) is 5.95. The van der Waals surface area contributed by atoms with Crippen LogP contribution < -0.4 is 4.99 Å². The number of hydrogen-bond acceptors (Lipinski definition) is 5. The van der Waals surface area contributed by atoms with Crippen molar-refractivity contribution in [3.63, 3.8) is 0 Å². The molecule has 0 bridgehead atoms. The summed E-state index contributed by atoms with van der Waals surface area (Å²) in [6.07, 6.45) is -0.358. The summed E-state index contributed by atoms with van der Waals surface area (Å²) in [5.41, 5.74) is 3.22. The molecule has 9 heteroatoms. The fourth-order valence-electron chi connectivity index (χ4n) is 2.59. The average Bonchev–Trinajstić information content (AvgIpc) is 2.58. The highest BCUT2D eigenvalue weighted by Crippen LogP contribution is 2.36. The summed E-state index contributed by atoms with van der Waals surface area (Å²) in [5.74, 6) is 0. The molecule has 7 nitrogen and oxygen atoms in total. The van der Waals surface area contributed by atoms with Crippen LogP contribution in [0.15, 0.2) is 18.2 Å². The summed E-state index contributed by atoms with van der Waals surface area (Å²) >= 11 is 0. The van der Waals surface area contributed by atoms with Gasteiger partial charge in [-0.2, -0.15) is 16.8 Å². The molecule has 1 heterocycles. The molecule has 0 spiro atoms. The van der Waals surface area contributed by atoms with Crippen molar-refractivity contribution in [1.29, 1.82) is 0 Å². The van der Waals surface area contributed by atoms with E-state index in [2.05, 4.69) is 4.99 Å². The highest BCUT2D eigenvalue weighted by atomic mass is 32.3. The molecule has 1 aromatic rings. The van der Waals surface area contributed by atoms with Gasteiger partial charge in [0.2, 0.25) is 10.3 Å². The fourth-order valence-corrected chi connectivity index (χ4v) is 4.65. The summed E-state index contributed by atoms with van der Waals surface area (Å²) < 4.78 is 60.2. The Labute approximate surface area is 135 Å². The standard InChI is InChI=1S/C14H19NO6S2/c1-9-14(2,3)11-8-10(4-6-12(11)15-9)5-7-13(22(16,17)18)23(19,20)21/h4,6,8,13H,5,7H2,1-3H3,(H,16,17,18)(H,19,20,21)/q+1. The van der Waals surface area contributed by atoms with E-state index in [1.54, 1.807) is 12.1 Å². The number of nitrogens with zero attached hydrogens (tertiary/aromatic N) is 1. The number of aryl methyl sites for hydroxylation is 1. The van der Waals surface area contributed by atoms with Crippen LogP contribution in [0, 0.1) is 0 Å². The Kier molecular flexibility index (Phi) is 4.44. The van der Waals surface area contributed by atoms with Crippen molar-refractivity contribution in [2.24, 2.45) is 0 Å². The zero-order valence-electron chi connectivity index (χ0n) is 13.0. The van der Waals surface area contributed by atoms with Crippen molar-refractivity contribution >= 4 is 31.6 Å². The first kappa shape index (κ1) is 18.1. The van der Waals surface area contributed by atoms with Crippen molar-refractivity contribution in [2.45, 2.75) is 43.6 Å². The molecule has 2 rings (SSSR count). The highest BCUT2D eigenvalue weighted by Gasteiger charge is 2.42. The zero-order chi connectivity index (χ0) is 17.6. The zero-order valence-corrected chi connectivity index (χ0v) is 14.6. The van der Waals surface area contributed by atoms with Crippen molar-refractivity contribution in [3.05, 3.63) is 29.3 Å². The molecule has 0 aliphatic carbocycles. The molecule has 1 aliphatic rings. The number of benzene rings is 1. The molecule has 0 atom stereocenters. The van der Waals surface area contributed by atoms with E-state index in [0.717, 1.165) is 17.0 Å². The van der Waals surface area contributed by atoms with Gasteiger partial charge in [0.1, 0.15) is 0 Å². The molecule has 23 heavy (non-hydrogen) atoms. The molecular weight excluding hydrogens is 342 g/mol. The molecule has 0 saturated carbocycles. The molecule has 0 aromatic heterocycles. The third-order valence-electron chi connectivity index (χ3n) is 4.26. The Hall–Kier alpha value is -1.29. The summed E-state index contributed by atoms with van der Waals surface area (Å²) in [7, 11) is -9.79. The van der Waals surface area contributed by atoms with E-state index < -0.39 is 31.2 Å². The molecule has 1 radical (unpaired) electrons. The van der Waals surface area contributed by atoms with Gasteiger partial charge >= 0.3 is 0 Å². The minimum atomic E-state index is -4.90. The van der Waals surface area contributed by atoms with Gasteiger partial charge in [-0.15, -0.1) is 0 Å². The van der Waals surface area contributed by atoms with Crippen LogP contribution in [-0.2, 0) is 32.1 Å². The minimum Gasteiger partial charge on any atom is -0.284 e. The molecule has 0 amide bonds. The maximum absolute atomic E-state index is 11.1. The van der Waals surface area contributed by atoms with Crippen molar-refractivity contribution < 1.29 is 25.9 Å². The second kappa shape index (κ2) is 5.66. The third-order valence-corrected chi connectivity index (χ3v) is 7.52. The van der Waals surface area contributed by atoms with E-state index in [0.29, 0.717) is 5.56 Å². The Bertz CT molecular complexity index is 837. The molecule has 0 saturated heterocycles. The quantitative estimate of drug-likeness (QED) is 0.765. The first-order valence-electron chi connectivity index (χ1n) is 6.95. The Morgan fingerprint density at radius 2 is 1.70 bits per heavy atom. The predicted octanol–water partition coefficient (Wildman–Crippen LogP) is 1.44. The number of fused-ring (bicyclic) bond motifs is 1. The monoisotopic (exact) mass is 361 g/mol. The van der Waals surface area contributed by atoms with Crippen LogP contribution in [0.4, 0.5) is 5.69 Å². The van der Waals surface area contributed by atoms with Crippen molar-refractivity contribution in [3.8, 4) is 0 Å². The van der Waals surface area contributed by atoms with Crippen LogP contribution in [0.1, 0.15) is 38.3 Å².